The van der Waals surface area contributed by atoms with Gasteiger partial charge in [-0.25, -0.2) is 4.79 Å². The molecule has 1 atom stereocenters. The fraction of sp³-hybridized carbons (Fsp3) is 0.680. The summed E-state index contributed by atoms with van der Waals surface area (Å²) in [7, 11) is 0. The van der Waals surface area contributed by atoms with Gasteiger partial charge in [-0.3, -0.25) is 14.4 Å². The number of aryl methyl sites for hydroxylation is 1. The average Bonchev–Trinajstić information content (AvgIpc) is 3.16. The lowest BCUT2D eigenvalue weighted by Gasteiger charge is -2.35. The standard InChI is InChI=1S/C25H36N2O6S/c1-6-32-23(30)19-17-9-7-8-10-18(17)34-21(19)26-20(28)15(2)33-22(29)16-11-13-27(14-12-16)24(31)25(3,4)5/h15-16H,6-14H2,1-5H3,(H,26,28)/t15-/m0/s1. The van der Waals surface area contributed by atoms with Crippen molar-refractivity contribution in [3.8, 4) is 0 Å². The first-order valence-corrected chi connectivity index (χ1v) is 13.0. The number of fused-ring (bicyclic) bond motifs is 1. The van der Waals surface area contributed by atoms with Crippen LogP contribution < -0.4 is 5.32 Å². The molecule has 2 amide bonds. The van der Waals surface area contributed by atoms with Crippen molar-refractivity contribution < 1.29 is 28.7 Å². The second-order valence-electron chi connectivity index (χ2n) is 10.0. The molecule has 1 aliphatic heterocycles. The van der Waals surface area contributed by atoms with E-state index in [2.05, 4.69) is 5.32 Å². The maximum atomic E-state index is 12.8. The highest BCUT2D eigenvalue weighted by molar-refractivity contribution is 7.17. The SMILES string of the molecule is CCOC(=O)c1c(NC(=O)[C@H](C)OC(=O)C2CCN(C(=O)C(C)(C)C)CC2)sc2c1CCCC2. The molecule has 1 aliphatic carbocycles. The predicted molar refractivity (Wildman–Crippen MR) is 130 cm³/mol. The van der Waals surface area contributed by atoms with Crippen molar-refractivity contribution in [2.45, 2.75) is 79.2 Å². The van der Waals surface area contributed by atoms with Crippen LogP contribution in [-0.2, 0) is 36.7 Å². The Morgan fingerprint density at radius 1 is 1.12 bits per heavy atom. The zero-order chi connectivity index (χ0) is 25.0. The number of anilines is 1. The minimum Gasteiger partial charge on any atom is -0.462 e. The lowest BCUT2D eigenvalue weighted by atomic mass is 9.91. The van der Waals surface area contributed by atoms with Gasteiger partial charge in [-0.15, -0.1) is 11.3 Å². The van der Waals surface area contributed by atoms with E-state index < -0.39 is 29.4 Å². The Morgan fingerprint density at radius 2 is 1.76 bits per heavy atom. The van der Waals surface area contributed by atoms with Gasteiger partial charge in [0, 0.05) is 23.4 Å². The Morgan fingerprint density at radius 3 is 2.38 bits per heavy atom. The minimum atomic E-state index is -1.00. The van der Waals surface area contributed by atoms with Gasteiger partial charge in [0.05, 0.1) is 18.1 Å². The topological polar surface area (TPSA) is 102 Å². The van der Waals surface area contributed by atoms with E-state index in [-0.39, 0.29) is 18.4 Å². The average molecular weight is 493 g/mol. The number of ether oxygens (including phenoxy) is 2. The molecule has 1 aromatic rings. The molecule has 0 spiro atoms. The number of nitrogens with zero attached hydrogens (tertiary/aromatic N) is 1. The van der Waals surface area contributed by atoms with E-state index in [0.717, 1.165) is 36.1 Å². The number of esters is 2. The number of hydrogen-bond acceptors (Lipinski definition) is 7. The number of nitrogens with one attached hydrogen (secondary N) is 1. The molecular weight excluding hydrogens is 456 g/mol. The van der Waals surface area contributed by atoms with Crippen LogP contribution in [0.1, 0.15) is 81.1 Å². The van der Waals surface area contributed by atoms with Gasteiger partial charge >= 0.3 is 11.9 Å². The predicted octanol–water partition coefficient (Wildman–Crippen LogP) is 3.96. The Bertz CT molecular complexity index is 940. The first kappa shape index (κ1) is 26.2. The molecule has 1 N–H and O–H groups in total. The Balaban J connectivity index is 1.59. The largest absolute Gasteiger partial charge is 0.462 e. The molecule has 188 valence electrons. The number of carbonyl (C=O) groups excluding carboxylic acids is 4. The lowest BCUT2D eigenvalue weighted by Crippen LogP contribution is -2.45. The van der Waals surface area contributed by atoms with Gasteiger partial charge < -0.3 is 19.7 Å². The van der Waals surface area contributed by atoms with Crippen molar-refractivity contribution in [2.75, 3.05) is 25.0 Å². The molecule has 8 nitrogen and oxygen atoms in total. The molecule has 1 aromatic heterocycles. The number of carbonyl (C=O) groups is 4. The summed E-state index contributed by atoms with van der Waals surface area (Å²) in [5, 5.41) is 3.27. The van der Waals surface area contributed by atoms with E-state index in [1.807, 2.05) is 20.8 Å². The zero-order valence-electron chi connectivity index (χ0n) is 20.8. The summed E-state index contributed by atoms with van der Waals surface area (Å²) >= 11 is 1.40. The summed E-state index contributed by atoms with van der Waals surface area (Å²) in [6.45, 7) is 10.2. The number of rotatable bonds is 6. The number of thiophene rings is 1. The monoisotopic (exact) mass is 492 g/mol. The van der Waals surface area contributed by atoms with Crippen LogP contribution in [0.5, 0.6) is 0 Å². The highest BCUT2D eigenvalue weighted by atomic mass is 32.1. The number of amides is 2. The molecule has 0 saturated carbocycles. The van der Waals surface area contributed by atoms with E-state index in [9.17, 15) is 19.2 Å². The van der Waals surface area contributed by atoms with Gasteiger partial charge in [0.25, 0.3) is 5.91 Å². The summed E-state index contributed by atoms with van der Waals surface area (Å²) in [4.78, 5) is 53.5. The molecule has 9 heteroatoms. The van der Waals surface area contributed by atoms with Gasteiger partial charge in [0.1, 0.15) is 5.00 Å². The fourth-order valence-electron chi connectivity index (χ4n) is 4.40. The molecule has 1 saturated heterocycles. The molecule has 3 rings (SSSR count). The van der Waals surface area contributed by atoms with Crippen LogP contribution in [-0.4, -0.2) is 54.5 Å². The third-order valence-electron chi connectivity index (χ3n) is 6.31. The van der Waals surface area contributed by atoms with Crippen molar-refractivity contribution in [3.63, 3.8) is 0 Å². The molecule has 2 heterocycles. The summed E-state index contributed by atoms with van der Waals surface area (Å²) in [6, 6.07) is 0. The van der Waals surface area contributed by atoms with Gasteiger partial charge in [-0.05, 0) is 57.9 Å². The highest BCUT2D eigenvalue weighted by Crippen LogP contribution is 2.38. The second-order valence-corrected chi connectivity index (χ2v) is 11.1. The Labute approximate surface area is 205 Å². The lowest BCUT2D eigenvalue weighted by molar-refractivity contribution is -0.160. The third-order valence-corrected chi connectivity index (χ3v) is 7.51. The maximum Gasteiger partial charge on any atom is 0.341 e. The van der Waals surface area contributed by atoms with Crippen molar-refractivity contribution in [2.24, 2.45) is 11.3 Å². The molecular formula is C25H36N2O6S. The van der Waals surface area contributed by atoms with Crippen LogP contribution in [0.3, 0.4) is 0 Å². The van der Waals surface area contributed by atoms with Crippen LogP contribution in [0.15, 0.2) is 0 Å². The summed E-state index contributed by atoms with van der Waals surface area (Å²) in [5.74, 6) is -1.61. The van der Waals surface area contributed by atoms with Crippen molar-refractivity contribution >= 4 is 40.1 Å². The van der Waals surface area contributed by atoms with Crippen LogP contribution in [0, 0.1) is 11.3 Å². The molecule has 1 fully saturated rings. The molecule has 34 heavy (non-hydrogen) atoms. The number of hydrogen-bond donors (Lipinski definition) is 1. The molecule has 0 radical (unpaired) electrons. The molecule has 0 bridgehead atoms. The van der Waals surface area contributed by atoms with E-state index in [1.165, 1.54) is 18.3 Å². The quantitative estimate of drug-likeness (QED) is 0.603. The van der Waals surface area contributed by atoms with Crippen molar-refractivity contribution in [1.82, 2.24) is 4.90 Å². The summed E-state index contributed by atoms with van der Waals surface area (Å²) in [6.07, 6.45) is 3.74. The van der Waals surface area contributed by atoms with Gasteiger partial charge in [-0.1, -0.05) is 20.8 Å². The smallest absolute Gasteiger partial charge is 0.341 e. The van der Waals surface area contributed by atoms with Crippen molar-refractivity contribution in [1.29, 1.82) is 0 Å². The minimum absolute atomic E-state index is 0.0723. The van der Waals surface area contributed by atoms with E-state index >= 15 is 0 Å². The normalized spacial score (nSPS) is 17.5. The van der Waals surface area contributed by atoms with Gasteiger partial charge in [0.15, 0.2) is 6.10 Å². The third kappa shape index (κ3) is 5.98. The first-order chi connectivity index (χ1) is 16.0. The van der Waals surface area contributed by atoms with E-state index in [4.69, 9.17) is 9.47 Å². The first-order valence-electron chi connectivity index (χ1n) is 12.1. The Hall–Kier alpha value is -2.42. The van der Waals surface area contributed by atoms with Gasteiger partial charge in [0.2, 0.25) is 5.91 Å². The Kier molecular flexibility index (Phi) is 8.38. The van der Waals surface area contributed by atoms with Crippen molar-refractivity contribution in [3.05, 3.63) is 16.0 Å². The molecule has 0 unspecified atom stereocenters. The summed E-state index contributed by atoms with van der Waals surface area (Å²) < 4.78 is 10.7. The zero-order valence-corrected chi connectivity index (χ0v) is 21.6. The van der Waals surface area contributed by atoms with Crippen LogP contribution in [0.2, 0.25) is 0 Å². The summed E-state index contributed by atoms with van der Waals surface area (Å²) in [5.41, 5.74) is 0.944. The molecule has 0 aromatic carbocycles. The number of likely N-dealkylation sites (tertiary alicyclic amines) is 1. The van der Waals surface area contributed by atoms with Crippen LogP contribution >= 0.6 is 11.3 Å². The number of piperidine rings is 1. The highest BCUT2D eigenvalue weighted by Gasteiger charge is 2.34. The fourth-order valence-corrected chi connectivity index (χ4v) is 5.68. The van der Waals surface area contributed by atoms with E-state index in [0.29, 0.717) is 36.5 Å². The van der Waals surface area contributed by atoms with Crippen LogP contribution in [0.25, 0.3) is 0 Å². The van der Waals surface area contributed by atoms with Gasteiger partial charge in [-0.2, -0.15) is 0 Å². The van der Waals surface area contributed by atoms with E-state index in [1.54, 1.807) is 11.8 Å². The van der Waals surface area contributed by atoms with Crippen LogP contribution in [0.4, 0.5) is 5.00 Å². The second kappa shape index (κ2) is 10.9. The molecule has 2 aliphatic rings. The maximum absolute atomic E-state index is 12.8.